The minimum atomic E-state index is 1.07. The number of benzene rings is 2. The summed E-state index contributed by atoms with van der Waals surface area (Å²) >= 11 is 0. The van der Waals surface area contributed by atoms with Gasteiger partial charge in [0.25, 0.3) is 0 Å². The Hall–Kier alpha value is -2.26. The summed E-state index contributed by atoms with van der Waals surface area (Å²) in [7, 11) is 0. The lowest BCUT2D eigenvalue weighted by atomic mass is 10.0. The van der Waals surface area contributed by atoms with Crippen LogP contribution >= 0.6 is 0 Å². The molecule has 0 bridgehead atoms. The lowest BCUT2D eigenvalue weighted by Crippen LogP contribution is -1.84. The summed E-state index contributed by atoms with van der Waals surface area (Å²) in [5.41, 5.74) is 4.71. The van der Waals surface area contributed by atoms with Crippen LogP contribution in [0.25, 0.3) is 5.57 Å². The Labute approximate surface area is 141 Å². The summed E-state index contributed by atoms with van der Waals surface area (Å²) in [5, 5.41) is 0. The molecule has 0 spiro atoms. The highest BCUT2D eigenvalue weighted by atomic mass is 14.0. The summed E-state index contributed by atoms with van der Waals surface area (Å²) in [4.78, 5) is 0. The molecule has 0 saturated carbocycles. The Kier molecular flexibility index (Phi) is 7.21. The van der Waals surface area contributed by atoms with E-state index in [1.165, 1.54) is 36.8 Å². The highest BCUT2D eigenvalue weighted by Crippen LogP contribution is 2.17. The van der Waals surface area contributed by atoms with E-state index in [9.17, 15) is 0 Å². The van der Waals surface area contributed by atoms with Crippen LogP contribution < -0.4 is 0 Å². The molecule has 0 amide bonds. The first-order valence-corrected chi connectivity index (χ1v) is 8.64. The average Bonchev–Trinajstić information content (AvgIpc) is 2.59. The fourth-order valence-corrected chi connectivity index (χ4v) is 2.45. The molecule has 0 aliphatic heterocycles. The smallest absolute Gasteiger partial charge is 0.0281 e. The topological polar surface area (TPSA) is 0 Å². The van der Waals surface area contributed by atoms with E-state index in [1.807, 2.05) is 18.2 Å². The van der Waals surface area contributed by atoms with Crippen LogP contribution in [0, 0.1) is 18.8 Å². The van der Waals surface area contributed by atoms with E-state index >= 15 is 0 Å². The van der Waals surface area contributed by atoms with Crippen molar-refractivity contribution in [1.82, 2.24) is 0 Å². The summed E-state index contributed by atoms with van der Waals surface area (Å²) in [6.07, 6.45) is 8.56. The summed E-state index contributed by atoms with van der Waals surface area (Å²) < 4.78 is 0. The summed E-state index contributed by atoms with van der Waals surface area (Å²) in [6.45, 7) is 4.37. The van der Waals surface area contributed by atoms with Crippen molar-refractivity contribution < 1.29 is 0 Å². The molecule has 2 aromatic rings. The Morgan fingerprint density at radius 2 is 1.65 bits per heavy atom. The third kappa shape index (κ3) is 6.17. The van der Waals surface area contributed by atoms with Crippen molar-refractivity contribution in [3.8, 4) is 11.8 Å². The Morgan fingerprint density at radius 3 is 2.35 bits per heavy atom. The minimum absolute atomic E-state index is 1.07. The Morgan fingerprint density at radius 1 is 0.913 bits per heavy atom. The molecule has 2 rings (SSSR count). The third-order valence-corrected chi connectivity index (χ3v) is 3.88. The molecule has 0 N–H and O–H groups in total. The van der Waals surface area contributed by atoms with E-state index in [0.717, 1.165) is 17.6 Å². The number of hydrogen-bond acceptors (Lipinski definition) is 0. The zero-order valence-electron chi connectivity index (χ0n) is 14.3. The quantitative estimate of drug-likeness (QED) is 0.428. The third-order valence-electron chi connectivity index (χ3n) is 3.88. The lowest BCUT2D eigenvalue weighted by molar-refractivity contribution is 0.675. The number of allylic oxidation sites excluding steroid dienone is 2. The molecule has 118 valence electrons. The number of rotatable bonds is 6. The van der Waals surface area contributed by atoms with Gasteiger partial charge in [-0.1, -0.05) is 92.1 Å². The fourth-order valence-electron chi connectivity index (χ4n) is 2.45. The molecule has 23 heavy (non-hydrogen) atoms. The first kappa shape index (κ1) is 17.1. The highest BCUT2D eigenvalue weighted by molar-refractivity contribution is 5.79. The maximum atomic E-state index is 3.37. The van der Waals surface area contributed by atoms with Gasteiger partial charge < -0.3 is 0 Å². The molecule has 0 unspecified atom stereocenters. The molecule has 0 aliphatic rings. The molecule has 0 aromatic heterocycles. The summed E-state index contributed by atoms with van der Waals surface area (Å²) in [6, 6.07) is 18.9. The van der Waals surface area contributed by atoms with Crippen molar-refractivity contribution in [2.24, 2.45) is 0 Å². The molecule has 2 aromatic carbocycles. The van der Waals surface area contributed by atoms with E-state index in [1.54, 1.807) is 0 Å². The van der Waals surface area contributed by atoms with E-state index < -0.39 is 0 Å². The van der Waals surface area contributed by atoms with Gasteiger partial charge in [-0.15, -0.1) is 0 Å². The van der Waals surface area contributed by atoms with Gasteiger partial charge in [-0.05, 0) is 37.5 Å². The van der Waals surface area contributed by atoms with Crippen molar-refractivity contribution in [2.75, 3.05) is 0 Å². The normalized spacial score (nSPS) is 11.0. The second kappa shape index (κ2) is 9.70. The molecule has 0 radical (unpaired) electrons. The molecule has 0 heteroatoms. The van der Waals surface area contributed by atoms with Gasteiger partial charge in [0, 0.05) is 11.1 Å². The maximum Gasteiger partial charge on any atom is 0.0281 e. The SMILES string of the molecule is CCCCCC/C=C(\C#Cc1ccccc1)c1ccc(C)cc1. The number of aryl methyl sites for hydroxylation is 1. The summed E-state index contributed by atoms with van der Waals surface area (Å²) in [5.74, 6) is 6.67. The van der Waals surface area contributed by atoms with Gasteiger partial charge >= 0.3 is 0 Å². The molecule has 0 atom stereocenters. The lowest BCUT2D eigenvalue weighted by Gasteiger charge is -2.02. The van der Waals surface area contributed by atoms with Crippen molar-refractivity contribution in [3.63, 3.8) is 0 Å². The molecule has 0 aliphatic carbocycles. The van der Waals surface area contributed by atoms with E-state index in [4.69, 9.17) is 0 Å². The van der Waals surface area contributed by atoms with Crippen LogP contribution in [0.4, 0.5) is 0 Å². The van der Waals surface area contributed by atoms with Gasteiger partial charge in [-0.2, -0.15) is 0 Å². The van der Waals surface area contributed by atoms with Crippen molar-refractivity contribution >= 4 is 5.57 Å². The van der Waals surface area contributed by atoms with Crippen LogP contribution in [-0.4, -0.2) is 0 Å². The van der Waals surface area contributed by atoms with Crippen LogP contribution in [0.2, 0.25) is 0 Å². The maximum absolute atomic E-state index is 3.37. The van der Waals surface area contributed by atoms with Crippen molar-refractivity contribution in [2.45, 2.75) is 46.0 Å². The minimum Gasteiger partial charge on any atom is -0.0682 e. The van der Waals surface area contributed by atoms with E-state index in [0.29, 0.717) is 0 Å². The van der Waals surface area contributed by atoms with Gasteiger partial charge in [0.15, 0.2) is 0 Å². The molecular weight excluding hydrogens is 276 g/mol. The standard InChI is InChI=1S/C23H26/c1-3-4-5-6-10-13-22(23-17-14-20(2)15-18-23)19-16-21-11-8-7-9-12-21/h7-9,11-15,17-18H,3-6,10H2,1-2H3/b22-13+. The second-order valence-corrected chi connectivity index (χ2v) is 5.95. The fraction of sp³-hybridized carbons (Fsp3) is 0.304. The zero-order valence-corrected chi connectivity index (χ0v) is 14.3. The van der Waals surface area contributed by atoms with Crippen LogP contribution in [0.15, 0.2) is 60.7 Å². The van der Waals surface area contributed by atoms with Gasteiger partial charge in [0.2, 0.25) is 0 Å². The Balaban J connectivity index is 2.16. The molecule has 0 nitrogen and oxygen atoms in total. The van der Waals surface area contributed by atoms with E-state index in [2.05, 4.69) is 68.2 Å². The number of unbranched alkanes of at least 4 members (excludes halogenated alkanes) is 4. The average molecular weight is 302 g/mol. The molecule has 0 heterocycles. The monoisotopic (exact) mass is 302 g/mol. The number of hydrogen-bond donors (Lipinski definition) is 0. The van der Waals surface area contributed by atoms with Gasteiger partial charge in [0.1, 0.15) is 0 Å². The van der Waals surface area contributed by atoms with Crippen LogP contribution in [0.3, 0.4) is 0 Å². The first-order chi connectivity index (χ1) is 11.3. The highest BCUT2D eigenvalue weighted by Gasteiger charge is 1.98. The van der Waals surface area contributed by atoms with Crippen molar-refractivity contribution in [1.29, 1.82) is 0 Å². The van der Waals surface area contributed by atoms with Gasteiger partial charge in [0.05, 0.1) is 0 Å². The van der Waals surface area contributed by atoms with Crippen LogP contribution in [0.5, 0.6) is 0 Å². The molecule has 0 saturated heterocycles. The van der Waals surface area contributed by atoms with Crippen molar-refractivity contribution in [3.05, 3.63) is 77.4 Å². The second-order valence-electron chi connectivity index (χ2n) is 5.95. The predicted molar refractivity (Wildman–Crippen MR) is 101 cm³/mol. The van der Waals surface area contributed by atoms with Crippen LogP contribution in [-0.2, 0) is 0 Å². The Bertz CT molecular complexity index is 663. The van der Waals surface area contributed by atoms with Gasteiger partial charge in [-0.3, -0.25) is 0 Å². The van der Waals surface area contributed by atoms with Gasteiger partial charge in [-0.25, -0.2) is 0 Å². The zero-order chi connectivity index (χ0) is 16.3. The molecular formula is C23H26. The molecule has 0 fully saturated rings. The van der Waals surface area contributed by atoms with Crippen LogP contribution in [0.1, 0.15) is 55.7 Å². The first-order valence-electron chi connectivity index (χ1n) is 8.64. The predicted octanol–water partition coefficient (Wildman–Crippen LogP) is 6.40. The largest absolute Gasteiger partial charge is 0.0682 e. The van der Waals surface area contributed by atoms with E-state index in [-0.39, 0.29) is 0 Å².